The SMILES string of the molecule is Fc1cc(OCc2nc3ccccc3[nH]2)c(F)cc1Cc1c[nH]c2ncccc12. The molecule has 2 N–H and O–H groups in total. The maximum atomic E-state index is 14.6. The summed E-state index contributed by atoms with van der Waals surface area (Å²) < 4.78 is 34.6. The minimum atomic E-state index is -0.615. The third kappa shape index (κ3) is 3.31. The molecule has 0 bridgehead atoms. The van der Waals surface area contributed by atoms with Crippen LogP contribution in [0, 0.1) is 11.6 Å². The second-order valence-electron chi connectivity index (χ2n) is 6.75. The van der Waals surface area contributed by atoms with E-state index in [1.807, 2.05) is 36.4 Å². The number of imidazole rings is 1. The Kier molecular flexibility index (Phi) is 4.20. The Morgan fingerprint density at radius 3 is 2.76 bits per heavy atom. The smallest absolute Gasteiger partial charge is 0.165 e. The molecule has 2 aromatic carbocycles. The molecule has 3 heterocycles. The van der Waals surface area contributed by atoms with E-state index >= 15 is 0 Å². The van der Waals surface area contributed by atoms with E-state index in [1.54, 1.807) is 12.4 Å². The number of aromatic amines is 2. The number of ether oxygens (including phenoxy) is 1. The summed E-state index contributed by atoms with van der Waals surface area (Å²) in [5, 5.41) is 0.887. The molecule has 3 aromatic heterocycles. The molecule has 5 nitrogen and oxygen atoms in total. The summed E-state index contributed by atoms with van der Waals surface area (Å²) in [4.78, 5) is 14.7. The van der Waals surface area contributed by atoms with Gasteiger partial charge in [-0.1, -0.05) is 12.1 Å². The van der Waals surface area contributed by atoms with Gasteiger partial charge in [0, 0.05) is 30.3 Å². The second kappa shape index (κ2) is 7.01. The van der Waals surface area contributed by atoms with E-state index in [0.717, 1.165) is 28.0 Å². The van der Waals surface area contributed by atoms with Crippen molar-refractivity contribution in [2.45, 2.75) is 13.0 Å². The van der Waals surface area contributed by atoms with E-state index < -0.39 is 11.6 Å². The molecular weight excluding hydrogens is 374 g/mol. The van der Waals surface area contributed by atoms with Crippen molar-refractivity contribution >= 4 is 22.1 Å². The Hall–Kier alpha value is -3.74. The summed E-state index contributed by atoms with van der Waals surface area (Å²) in [6.07, 6.45) is 3.69. The lowest BCUT2D eigenvalue weighted by Gasteiger charge is -2.09. The lowest BCUT2D eigenvalue weighted by atomic mass is 10.0. The van der Waals surface area contributed by atoms with Crippen LogP contribution in [0.3, 0.4) is 0 Å². The fourth-order valence-electron chi connectivity index (χ4n) is 3.40. The predicted octanol–water partition coefficient (Wildman–Crippen LogP) is 4.89. The first kappa shape index (κ1) is 17.4. The number of H-pyrrole nitrogens is 2. The van der Waals surface area contributed by atoms with Gasteiger partial charge in [0.2, 0.25) is 0 Å². The number of hydrogen-bond acceptors (Lipinski definition) is 3. The Morgan fingerprint density at radius 1 is 0.966 bits per heavy atom. The Morgan fingerprint density at radius 2 is 1.86 bits per heavy atom. The highest BCUT2D eigenvalue weighted by molar-refractivity contribution is 5.79. The Labute approximate surface area is 164 Å². The van der Waals surface area contributed by atoms with Gasteiger partial charge in [0.15, 0.2) is 11.6 Å². The number of nitrogens with zero attached hydrogens (tertiary/aromatic N) is 2. The standard InChI is InChI=1S/C22H16F2N4O/c23-16-10-20(29-12-21-27-18-5-1-2-6-19(18)28-21)17(24)9-13(16)8-14-11-26-22-15(14)4-3-7-25-22/h1-7,9-11H,8,12H2,(H,25,26)(H,27,28). The topological polar surface area (TPSA) is 66.6 Å². The first-order valence-corrected chi connectivity index (χ1v) is 9.13. The van der Waals surface area contributed by atoms with Crippen molar-refractivity contribution in [2.75, 3.05) is 0 Å². The summed E-state index contributed by atoms with van der Waals surface area (Å²) in [5.74, 6) is -0.742. The molecule has 0 aliphatic rings. The molecule has 0 unspecified atom stereocenters. The average molecular weight is 390 g/mol. The summed E-state index contributed by atoms with van der Waals surface area (Å²) in [7, 11) is 0. The van der Waals surface area contributed by atoms with Gasteiger partial charge in [-0.25, -0.2) is 18.7 Å². The van der Waals surface area contributed by atoms with E-state index in [9.17, 15) is 8.78 Å². The van der Waals surface area contributed by atoms with Gasteiger partial charge < -0.3 is 14.7 Å². The molecule has 0 saturated heterocycles. The monoisotopic (exact) mass is 390 g/mol. The molecule has 0 radical (unpaired) electrons. The zero-order chi connectivity index (χ0) is 19.8. The molecule has 0 atom stereocenters. The highest BCUT2D eigenvalue weighted by atomic mass is 19.1. The van der Waals surface area contributed by atoms with Crippen LogP contribution in [0.5, 0.6) is 5.75 Å². The van der Waals surface area contributed by atoms with Crippen LogP contribution in [0.1, 0.15) is 17.0 Å². The van der Waals surface area contributed by atoms with Gasteiger partial charge in [-0.15, -0.1) is 0 Å². The van der Waals surface area contributed by atoms with E-state index in [-0.39, 0.29) is 24.3 Å². The van der Waals surface area contributed by atoms with Gasteiger partial charge >= 0.3 is 0 Å². The molecule has 0 aliphatic heterocycles. The van der Waals surface area contributed by atoms with Gasteiger partial charge in [-0.05, 0) is 41.5 Å². The number of aromatic nitrogens is 4. The average Bonchev–Trinajstić information content (AvgIpc) is 3.33. The number of pyridine rings is 1. The van der Waals surface area contributed by atoms with Crippen LogP contribution in [-0.2, 0) is 13.0 Å². The molecule has 29 heavy (non-hydrogen) atoms. The molecule has 0 spiro atoms. The predicted molar refractivity (Wildman–Crippen MR) is 106 cm³/mol. The van der Waals surface area contributed by atoms with E-state index in [2.05, 4.69) is 19.9 Å². The third-order valence-corrected chi connectivity index (χ3v) is 4.82. The van der Waals surface area contributed by atoms with Gasteiger partial charge in [-0.2, -0.15) is 0 Å². The molecular formula is C22H16F2N4O. The van der Waals surface area contributed by atoms with Crippen LogP contribution in [0.4, 0.5) is 8.78 Å². The number of para-hydroxylation sites is 2. The first-order valence-electron chi connectivity index (χ1n) is 9.13. The van der Waals surface area contributed by atoms with Crippen molar-refractivity contribution in [2.24, 2.45) is 0 Å². The lowest BCUT2D eigenvalue weighted by molar-refractivity contribution is 0.280. The molecule has 0 aliphatic carbocycles. The normalized spacial score (nSPS) is 11.4. The molecule has 0 amide bonds. The van der Waals surface area contributed by atoms with Gasteiger partial charge in [0.25, 0.3) is 0 Å². The van der Waals surface area contributed by atoms with Crippen LogP contribution >= 0.6 is 0 Å². The maximum absolute atomic E-state index is 14.6. The van der Waals surface area contributed by atoms with Crippen LogP contribution in [-0.4, -0.2) is 19.9 Å². The maximum Gasteiger partial charge on any atom is 0.165 e. The van der Waals surface area contributed by atoms with Crippen molar-refractivity contribution in [3.8, 4) is 5.75 Å². The minimum Gasteiger partial charge on any atom is -0.483 e. The molecule has 144 valence electrons. The number of nitrogens with one attached hydrogen (secondary N) is 2. The van der Waals surface area contributed by atoms with Crippen molar-refractivity contribution in [3.05, 3.63) is 89.5 Å². The third-order valence-electron chi connectivity index (χ3n) is 4.82. The van der Waals surface area contributed by atoms with Gasteiger partial charge in [-0.3, -0.25) is 0 Å². The van der Waals surface area contributed by atoms with Crippen molar-refractivity contribution in [1.29, 1.82) is 0 Å². The highest BCUT2D eigenvalue weighted by Crippen LogP contribution is 2.26. The van der Waals surface area contributed by atoms with Crippen molar-refractivity contribution < 1.29 is 13.5 Å². The van der Waals surface area contributed by atoms with Crippen molar-refractivity contribution in [1.82, 2.24) is 19.9 Å². The largest absolute Gasteiger partial charge is 0.483 e. The highest BCUT2D eigenvalue weighted by Gasteiger charge is 2.14. The molecule has 5 rings (SSSR count). The zero-order valence-corrected chi connectivity index (χ0v) is 15.2. The van der Waals surface area contributed by atoms with Gasteiger partial charge in [0.1, 0.15) is 23.9 Å². The van der Waals surface area contributed by atoms with Crippen LogP contribution < -0.4 is 4.74 Å². The Bertz CT molecular complexity index is 1290. The quantitative estimate of drug-likeness (QED) is 0.449. The number of benzene rings is 2. The zero-order valence-electron chi connectivity index (χ0n) is 15.2. The number of halogens is 2. The van der Waals surface area contributed by atoms with Crippen LogP contribution in [0.2, 0.25) is 0 Å². The number of rotatable bonds is 5. The number of fused-ring (bicyclic) bond motifs is 2. The minimum absolute atomic E-state index is 0.0124. The second-order valence-corrected chi connectivity index (χ2v) is 6.75. The summed E-state index contributed by atoms with van der Waals surface area (Å²) in [6, 6.07) is 13.5. The fourth-order valence-corrected chi connectivity index (χ4v) is 3.40. The Balaban J connectivity index is 1.36. The first-order chi connectivity index (χ1) is 14.2. The number of hydrogen-bond donors (Lipinski definition) is 2. The van der Waals surface area contributed by atoms with Crippen LogP contribution in [0.15, 0.2) is 60.9 Å². The summed E-state index contributed by atoms with van der Waals surface area (Å²) >= 11 is 0. The molecule has 0 fully saturated rings. The summed E-state index contributed by atoms with van der Waals surface area (Å²) in [5.41, 5.74) is 3.47. The van der Waals surface area contributed by atoms with E-state index in [4.69, 9.17) is 4.74 Å². The lowest BCUT2D eigenvalue weighted by Crippen LogP contribution is -2.02. The summed E-state index contributed by atoms with van der Waals surface area (Å²) in [6.45, 7) is 0.0124. The molecule has 5 aromatic rings. The molecule has 0 saturated carbocycles. The van der Waals surface area contributed by atoms with Crippen molar-refractivity contribution in [3.63, 3.8) is 0 Å². The fraction of sp³-hybridized carbons (Fsp3) is 0.0909. The molecule has 7 heteroatoms. The van der Waals surface area contributed by atoms with E-state index in [1.165, 1.54) is 6.07 Å². The van der Waals surface area contributed by atoms with Gasteiger partial charge in [0.05, 0.1) is 11.0 Å². The van der Waals surface area contributed by atoms with Crippen LogP contribution in [0.25, 0.3) is 22.1 Å². The van der Waals surface area contributed by atoms with E-state index in [0.29, 0.717) is 11.5 Å².